The molecule has 0 bridgehead atoms. The lowest BCUT2D eigenvalue weighted by molar-refractivity contribution is 0.0326. The van der Waals surface area contributed by atoms with Crippen molar-refractivity contribution >= 4 is 6.03 Å². The molecule has 8 heteroatoms. The second-order valence-corrected chi connectivity index (χ2v) is 6.88. The van der Waals surface area contributed by atoms with E-state index in [-0.39, 0.29) is 11.9 Å². The van der Waals surface area contributed by atoms with Gasteiger partial charge in [0.1, 0.15) is 11.6 Å². The maximum absolute atomic E-state index is 12.2. The number of aromatic nitrogens is 3. The fraction of sp³-hybridized carbons (Fsp3) is 0.812. The number of morpholine rings is 1. The zero-order valence-electron chi connectivity index (χ0n) is 14.9. The molecule has 1 atom stereocenters. The van der Waals surface area contributed by atoms with E-state index < -0.39 is 0 Å². The standard InChI is InChI=1S/C16H28N6O2/c1-19(2)16(23)22-6-4-5-13(11-22)15-18-17-14(20(15)3)12-21-7-9-24-10-8-21/h13H,4-12H2,1-3H3. The van der Waals surface area contributed by atoms with Gasteiger partial charge in [-0.05, 0) is 12.8 Å². The van der Waals surface area contributed by atoms with E-state index in [4.69, 9.17) is 4.74 Å². The van der Waals surface area contributed by atoms with E-state index in [1.54, 1.807) is 19.0 Å². The Morgan fingerprint density at radius 1 is 1.25 bits per heavy atom. The Labute approximate surface area is 143 Å². The van der Waals surface area contributed by atoms with E-state index in [1.807, 2.05) is 11.9 Å². The van der Waals surface area contributed by atoms with E-state index >= 15 is 0 Å². The number of piperidine rings is 1. The molecular weight excluding hydrogens is 308 g/mol. The number of nitrogens with zero attached hydrogens (tertiary/aromatic N) is 6. The summed E-state index contributed by atoms with van der Waals surface area (Å²) in [6, 6.07) is 0.0791. The van der Waals surface area contributed by atoms with Gasteiger partial charge < -0.3 is 19.1 Å². The predicted molar refractivity (Wildman–Crippen MR) is 89.7 cm³/mol. The number of carbonyl (C=O) groups is 1. The average Bonchev–Trinajstić information content (AvgIpc) is 2.96. The third-order valence-electron chi connectivity index (χ3n) is 4.91. The number of likely N-dealkylation sites (tertiary alicyclic amines) is 1. The van der Waals surface area contributed by atoms with Crippen molar-refractivity contribution in [2.75, 3.05) is 53.5 Å². The lowest BCUT2D eigenvalue weighted by atomic mass is 9.97. The van der Waals surface area contributed by atoms with E-state index in [0.29, 0.717) is 0 Å². The number of hydrogen-bond acceptors (Lipinski definition) is 5. The summed E-state index contributed by atoms with van der Waals surface area (Å²) in [5, 5.41) is 8.85. The first-order chi connectivity index (χ1) is 11.6. The highest BCUT2D eigenvalue weighted by atomic mass is 16.5. The number of ether oxygens (including phenoxy) is 1. The minimum atomic E-state index is 0.0791. The summed E-state index contributed by atoms with van der Waals surface area (Å²) in [5.74, 6) is 2.25. The second-order valence-electron chi connectivity index (χ2n) is 6.88. The van der Waals surface area contributed by atoms with E-state index in [0.717, 1.165) is 70.4 Å². The van der Waals surface area contributed by atoms with Crippen molar-refractivity contribution in [3.8, 4) is 0 Å². The van der Waals surface area contributed by atoms with Crippen LogP contribution in [0.15, 0.2) is 0 Å². The van der Waals surface area contributed by atoms with Gasteiger partial charge in [0.2, 0.25) is 0 Å². The summed E-state index contributed by atoms with van der Waals surface area (Å²) < 4.78 is 7.51. The molecule has 3 heterocycles. The zero-order valence-corrected chi connectivity index (χ0v) is 14.9. The Balaban J connectivity index is 1.67. The van der Waals surface area contributed by atoms with Crippen LogP contribution in [0, 0.1) is 0 Å². The van der Waals surface area contributed by atoms with Crippen molar-refractivity contribution in [3.63, 3.8) is 0 Å². The molecule has 2 amide bonds. The number of amides is 2. The first kappa shape index (κ1) is 17.2. The van der Waals surface area contributed by atoms with Crippen LogP contribution in [0.3, 0.4) is 0 Å². The van der Waals surface area contributed by atoms with Crippen LogP contribution in [0.1, 0.15) is 30.4 Å². The molecule has 0 spiro atoms. The number of hydrogen-bond donors (Lipinski definition) is 0. The summed E-state index contributed by atoms with van der Waals surface area (Å²) in [5.41, 5.74) is 0. The van der Waals surface area contributed by atoms with Gasteiger partial charge in [-0.2, -0.15) is 0 Å². The van der Waals surface area contributed by atoms with Crippen LogP contribution in [0.25, 0.3) is 0 Å². The van der Waals surface area contributed by atoms with Gasteiger partial charge in [-0.25, -0.2) is 4.79 Å². The predicted octanol–water partition coefficient (Wildman–Crippen LogP) is 0.508. The Morgan fingerprint density at radius 3 is 2.71 bits per heavy atom. The molecule has 1 aromatic rings. The van der Waals surface area contributed by atoms with Gasteiger partial charge in [0.25, 0.3) is 0 Å². The van der Waals surface area contributed by atoms with Crippen LogP contribution in [0.2, 0.25) is 0 Å². The molecule has 3 rings (SSSR count). The minimum absolute atomic E-state index is 0.0791. The Kier molecular flexibility index (Phi) is 5.35. The molecule has 0 saturated carbocycles. The molecule has 2 aliphatic heterocycles. The van der Waals surface area contributed by atoms with Gasteiger partial charge in [0, 0.05) is 53.2 Å². The van der Waals surface area contributed by atoms with Gasteiger partial charge in [0.05, 0.1) is 19.8 Å². The highest BCUT2D eigenvalue weighted by Gasteiger charge is 2.29. The molecule has 0 aromatic carbocycles. The van der Waals surface area contributed by atoms with Gasteiger partial charge in [-0.15, -0.1) is 10.2 Å². The number of rotatable bonds is 3. The highest BCUT2D eigenvalue weighted by molar-refractivity contribution is 5.74. The molecule has 1 aromatic heterocycles. The molecule has 2 saturated heterocycles. The molecule has 0 N–H and O–H groups in total. The highest BCUT2D eigenvalue weighted by Crippen LogP contribution is 2.26. The van der Waals surface area contributed by atoms with Crippen molar-refractivity contribution in [1.82, 2.24) is 29.5 Å². The summed E-state index contributed by atoms with van der Waals surface area (Å²) in [6.45, 7) is 5.81. The third kappa shape index (κ3) is 3.70. The lowest BCUT2D eigenvalue weighted by Gasteiger charge is -2.34. The fourth-order valence-corrected chi connectivity index (χ4v) is 3.47. The largest absolute Gasteiger partial charge is 0.379 e. The molecule has 2 fully saturated rings. The molecule has 134 valence electrons. The third-order valence-corrected chi connectivity index (χ3v) is 4.91. The minimum Gasteiger partial charge on any atom is -0.379 e. The summed E-state index contributed by atoms with van der Waals surface area (Å²) in [6.07, 6.45) is 2.07. The molecule has 0 radical (unpaired) electrons. The Bertz CT molecular complexity index is 567. The van der Waals surface area contributed by atoms with E-state index in [9.17, 15) is 4.79 Å². The van der Waals surface area contributed by atoms with Gasteiger partial charge in [-0.3, -0.25) is 4.90 Å². The topological polar surface area (TPSA) is 66.7 Å². The normalized spacial score (nSPS) is 22.6. The SMILES string of the molecule is CN(C)C(=O)N1CCCC(c2nnc(CN3CCOCC3)n2C)C1. The summed E-state index contributed by atoms with van der Waals surface area (Å²) in [7, 11) is 5.64. The smallest absolute Gasteiger partial charge is 0.319 e. The lowest BCUT2D eigenvalue weighted by Crippen LogP contribution is -2.44. The monoisotopic (exact) mass is 336 g/mol. The first-order valence-corrected chi connectivity index (χ1v) is 8.70. The van der Waals surface area contributed by atoms with Gasteiger partial charge >= 0.3 is 6.03 Å². The Hall–Kier alpha value is -1.67. The molecule has 8 nitrogen and oxygen atoms in total. The summed E-state index contributed by atoms with van der Waals surface area (Å²) in [4.78, 5) is 18.1. The molecule has 24 heavy (non-hydrogen) atoms. The van der Waals surface area contributed by atoms with Crippen LogP contribution < -0.4 is 0 Å². The summed E-state index contributed by atoms with van der Waals surface area (Å²) >= 11 is 0. The number of urea groups is 1. The van der Waals surface area contributed by atoms with Crippen molar-refractivity contribution in [1.29, 1.82) is 0 Å². The van der Waals surface area contributed by atoms with Crippen molar-refractivity contribution in [2.45, 2.75) is 25.3 Å². The molecule has 0 aliphatic carbocycles. The Morgan fingerprint density at radius 2 is 2.00 bits per heavy atom. The van der Waals surface area contributed by atoms with Crippen molar-refractivity contribution < 1.29 is 9.53 Å². The maximum Gasteiger partial charge on any atom is 0.319 e. The van der Waals surface area contributed by atoms with Gasteiger partial charge in [-0.1, -0.05) is 0 Å². The van der Waals surface area contributed by atoms with Crippen molar-refractivity contribution in [2.24, 2.45) is 7.05 Å². The van der Waals surface area contributed by atoms with E-state index in [1.165, 1.54) is 0 Å². The van der Waals surface area contributed by atoms with Gasteiger partial charge in [0.15, 0.2) is 0 Å². The fourth-order valence-electron chi connectivity index (χ4n) is 3.47. The van der Waals surface area contributed by atoms with Crippen LogP contribution >= 0.6 is 0 Å². The first-order valence-electron chi connectivity index (χ1n) is 8.70. The zero-order chi connectivity index (χ0) is 17.1. The maximum atomic E-state index is 12.2. The molecule has 2 aliphatic rings. The molecular formula is C16H28N6O2. The van der Waals surface area contributed by atoms with E-state index in [2.05, 4.69) is 19.7 Å². The second kappa shape index (κ2) is 7.48. The van der Waals surface area contributed by atoms with Crippen LogP contribution in [-0.2, 0) is 18.3 Å². The van der Waals surface area contributed by atoms with Crippen molar-refractivity contribution in [3.05, 3.63) is 11.6 Å². The van der Waals surface area contributed by atoms with Crippen LogP contribution in [0.5, 0.6) is 0 Å². The van der Waals surface area contributed by atoms with Crippen LogP contribution in [0.4, 0.5) is 4.79 Å². The number of carbonyl (C=O) groups excluding carboxylic acids is 1. The quantitative estimate of drug-likeness (QED) is 0.804. The molecule has 1 unspecified atom stereocenters. The average molecular weight is 336 g/mol. The van der Waals surface area contributed by atoms with Crippen LogP contribution in [-0.4, -0.2) is 89.0 Å².